The molecule has 1 saturated heterocycles. The highest BCUT2D eigenvalue weighted by atomic mass is 16.5. The quantitative estimate of drug-likeness (QED) is 0.800. The average Bonchev–Trinajstić information content (AvgIpc) is 3.21. The minimum Gasteiger partial charge on any atom is -0.488 e. The molecule has 24 heavy (non-hydrogen) atoms. The van der Waals surface area contributed by atoms with Crippen LogP contribution in [0.3, 0.4) is 0 Å². The minimum atomic E-state index is 0.210. The first-order valence-electron chi connectivity index (χ1n) is 8.18. The van der Waals surface area contributed by atoms with E-state index in [-0.39, 0.29) is 6.10 Å². The highest BCUT2D eigenvalue weighted by molar-refractivity contribution is 5.81. The Balaban J connectivity index is 1.49. The molecule has 0 spiro atoms. The molecule has 6 heteroatoms. The van der Waals surface area contributed by atoms with E-state index in [1.54, 1.807) is 12.4 Å². The van der Waals surface area contributed by atoms with Crippen molar-refractivity contribution in [2.45, 2.75) is 12.5 Å². The normalized spacial score (nSPS) is 17.4. The van der Waals surface area contributed by atoms with Crippen LogP contribution in [0.25, 0.3) is 11.0 Å². The van der Waals surface area contributed by atoms with E-state index in [2.05, 4.69) is 38.1 Å². The molecule has 124 valence electrons. The summed E-state index contributed by atoms with van der Waals surface area (Å²) in [6.07, 6.45) is 4.75. The zero-order chi connectivity index (χ0) is 16.5. The molecule has 1 fully saturated rings. The Morgan fingerprint density at radius 1 is 1.21 bits per heavy atom. The van der Waals surface area contributed by atoms with Crippen molar-refractivity contribution in [3.63, 3.8) is 0 Å². The molecule has 3 heterocycles. The van der Waals surface area contributed by atoms with Crippen LogP contribution in [0.5, 0.6) is 5.75 Å². The number of hydrogen-bond acceptors (Lipinski definition) is 5. The molecule has 1 N–H and O–H groups in total. The molecule has 1 aromatic carbocycles. The molecule has 1 aliphatic rings. The molecule has 0 aliphatic carbocycles. The van der Waals surface area contributed by atoms with Crippen LogP contribution in [0.1, 0.15) is 6.42 Å². The molecule has 2 aromatic heterocycles. The number of rotatable bonds is 4. The second-order valence-electron chi connectivity index (χ2n) is 6.31. The molecular weight excluding hydrogens is 302 g/mol. The molecule has 0 amide bonds. The summed E-state index contributed by atoms with van der Waals surface area (Å²) in [7, 11) is 3.97. The van der Waals surface area contributed by atoms with Crippen LogP contribution in [-0.4, -0.2) is 48.2 Å². The molecule has 0 bridgehead atoms. The Morgan fingerprint density at radius 2 is 2.04 bits per heavy atom. The average molecular weight is 323 g/mol. The number of pyridine rings is 1. The monoisotopic (exact) mass is 323 g/mol. The SMILES string of the molecule is CN(C)c1nc2ccc(N3CCC(Oc4ccncc4)C3)cc2[nH]1. The van der Waals surface area contributed by atoms with Crippen LogP contribution in [0.2, 0.25) is 0 Å². The first-order valence-corrected chi connectivity index (χ1v) is 8.18. The van der Waals surface area contributed by atoms with Gasteiger partial charge in [0, 0.05) is 45.1 Å². The maximum Gasteiger partial charge on any atom is 0.203 e. The van der Waals surface area contributed by atoms with Gasteiger partial charge in [0.1, 0.15) is 11.9 Å². The van der Waals surface area contributed by atoms with Crippen molar-refractivity contribution >= 4 is 22.7 Å². The third-order valence-electron chi connectivity index (χ3n) is 4.34. The minimum absolute atomic E-state index is 0.210. The van der Waals surface area contributed by atoms with Gasteiger partial charge in [-0.15, -0.1) is 0 Å². The van der Waals surface area contributed by atoms with Crippen molar-refractivity contribution in [2.75, 3.05) is 37.0 Å². The Bertz CT molecular complexity index is 830. The van der Waals surface area contributed by atoms with E-state index in [1.807, 2.05) is 31.1 Å². The van der Waals surface area contributed by atoms with Crippen LogP contribution in [0.15, 0.2) is 42.7 Å². The number of nitrogens with zero attached hydrogens (tertiary/aromatic N) is 4. The molecule has 6 nitrogen and oxygen atoms in total. The second kappa shape index (κ2) is 6.03. The maximum absolute atomic E-state index is 6.04. The van der Waals surface area contributed by atoms with Gasteiger partial charge < -0.3 is 19.5 Å². The zero-order valence-corrected chi connectivity index (χ0v) is 13.9. The molecule has 1 aliphatic heterocycles. The zero-order valence-electron chi connectivity index (χ0n) is 13.9. The summed E-state index contributed by atoms with van der Waals surface area (Å²) in [4.78, 5) is 16.3. The number of aromatic nitrogens is 3. The number of nitrogens with one attached hydrogen (secondary N) is 1. The lowest BCUT2D eigenvalue weighted by atomic mass is 10.2. The molecular formula is C18H21N5O. The van der Waals surface area contributed by atoms with Gasteiger partial charge in [0.2, 0.25) is 5.95 Å². The van der Waals surface area contributed by atoms with Crippen molar-refractivity contribution in [2.24, 2.45) is 0 Å². The van der Waals surface area contributed by atoms with Gasteiger partial charge in [-0.3, -0.25) is 4.98 Å². The molecule has 0 radical (unpaired) electrons. The van der Waals surface area contributed by atoms with Crippen LogP contribution < -0.4 is 14.5 Å². The van der Waals surface area contributed by atoms with E-state index in [9.17, 15) is 0 Å². The van der Waals surface area contributed by atoms with Crippen molar-refractivity contribution in [1.29, 1.82) is 0 Å². The molecule has 1 unspecified atom stereocenters. The fourth-order valence-corrected chi connectivity index (χ4v) is 3.06. The fraction of sp³-hybridized carbons (Fsp3) is 0.333. The Hall–Kier alpha value is -2.76. The summed E-state index contributed by atoms with van der Waals surface area (Å²) in [5.41, 5.74) is 3.26. The van der Waals surface area contributed by atoms with Gasteiger partial charge in [0.25, 0.3) is 0 Å². The van der Waals surface area contributed by atoms with Crippen LogP contribution in [0.4, 0.5) is 11.6 Å². The number of anilines is 2. The smallest absolute Gasteiger partial charge is 0.203 e. The van der Waals surface area contributed by atoms with Crippen molar-refractivity contribution in [3.8, 4) is 5.75 Å². The van der Waals surface area contributed by atoms with Crippen LogP contribution >= 0.6 is 0 Å². The van der Waals surface area contributed by atoms with E-state index < -0.39 is 0 Å². The van der Waals surface area contributed by atoms with Gasteiger partial charge in [0.05, 0.1) is 17.6 Å². The van der Waals surface area contributed by atoms with Crippen LogP contribution in [-0.2, 0) is 0 Å². The summed E-state index contributed by atoms with van der Waals surface area (Å²) in [5.74, 6) is 1.76. The number of ether oxygens (including phenoxy) is 1. The molecule has 4 rings (SSSR count). The summed E-state index contributed by atoms with van der Waals surface area (Å²) < 4.78 is 6.04. The van der Waals surface area contributed by atoms with Gasteiger partial charge in [-0.2, -0.15) is 0 Å². The maximum atomic E-state index is 6.04. The third-order valence-corrected chi connectivity index (χ3v) is 4.34. The predicted molar refractivity (Wildman–Crippen MR) is 95.9 cm³/mol. The Kier molecular flexibility index (Phi) is 3.72. The second-order valence-corrected chi connectivity index (χ2v) is 6.31. The summed E-state index contributed by atoms with van der Waals surface area (Å²) in [6, 6.07) is 10.2. The summed E-state index contributed by atoms with van der Waals surface area (Å²) in [6.45, 7) is 1.89. The summed E-state index contributed by atoms with van der Waals surface area (Å²) >= 11 is 0. The topological polar surface area (TPSA) is 57.3 Å². The molecule has 3 aromatic rings. The van der Waals surface area contributed by atoms with E-state index >= 15 is 0 Å². The van der Waals surface area contributed by atoms with E-state index in [0.29, 0.717) is 0 Å². The number of imidazole rings is 1. The van der Waals surface area contributed by atoms with Crippen molar-refractivity contribution in [3.05, 3.63) is 42.7 Å². The Morgan fingerprint density at radius 3 is 2.83 bits per heavy atom. The lowest BCUT2D eigenvalue weighted by Crippen LogP contribution is -2.24. The van der Waals surface area contributed by atoms with Gasteiger partial charge >= 0.3 is 0 Å². The lowest BCUT2D eigenvalue weighted by molar-refractivity contribution is 0.225. The first-order chi connectivity index (χ1) is 11.7. The fourth-order valence-electron chi connectivity index (χ4n) is 3.06. The summed E-state index contributed by atoms with van der Waals surface area (Å²) in [5, 5.41) is 0. The number of aromatic amines is 1. The van der Waals surface area contributed by atoms with E-state index in [0.717, 1.165) is 42.2 Å². The molecule has 1 atom stereocenters. The van der Waals surface area contributed by atoms with Crippen LogP contribution in [0, 0.1) is 0 Å². The van der Waals surface area contributed by atoms with E-state index in [4.69, 9.17) is 4.74 Å². The highest BCUT2D eigenvalue weighted by Gasteiger charge is 2.24. The largest absolute Gasteiger partial charge is 0.488 e. The lowest BCUT2D eigenvalue weighted by Gasteiger charge is -2.19. The highest BCUT2D eigenvalue weighted by Crippen LogP contribution is 2.27. The number of H-pyrrole nitrogens is 1. The van der Waals surface area contributed by atoms with Gasteiger partial charge in [-0.25, -0.2) is 4.98 Å². The Labute approximate surface area is 141 Å². The molecule has 0 saturated carbocycles. The number of benzene rings is 1. The van der Waals surface area contributed by atoms with Gasteiger partial charge in [0.15, 0.2) is 0 Å². The first kappa shape index (κ1) is 14.8. The third kappa shape index (κ3) is 2.87. The predicted octanol–water partition coefficient (Wildman–Crippen LogP) is 2.68. The number of fused-ring (bicyclic) bond motifs is 1. The van der Waals surface area contributed by atoms with E-state index in [1.165, 1.54) is 5.69 Å². The standard InChI is InChI=1S/C18H21N5O/c1-22(2)18-20-16-4-3-13(11-17(16)21-18)23-10-7-15(12-23)24-14-5-8-19-9-6-14/h3-6,8-9,11,15H,7,10,12H2,1-2H3,(H,20,21). The van der Waals surface area contributed by atoms with Crippen molar-refractivity contribution < 1.29 is 4.74 Å². The number of hydrogen-bond donors (Lipinski definition) is 1. The van der Waals surface area contributed by atoms with Gasteiger partial charge in [-0.05, 0) is 30.3 Å². The van der Waals surface area contributed by atoms with Gasteiger partial charge in [-0.1, -0.05) is 0 Å². The van der Waals surface area contributed by atoms with Crippen molar-refractivity contribution in [1.82, 2.24) is 15.0 Å².